The summed E-state index contributed by atoms with van der Waals surface area (Å²) in [6.07, 6.45) is 5.99. The maximum absolute atomic E-state index is 14.7. The maximum atomic E-state index is 14.7. The molecule has 0 radical (unpaired) electrons. The smallest absolute Gasteiger partial charge is 0.382 e. The topological polar surface area (TPSA) is 35.8 Å². The Balaban J connectivity index is 1.40. The Kier molecular flexibility index (Phi) is 11.1. The van der Waals surface area contributed by atoms with Crippen molar-refractivity contribution in [2.45, 2.75) is 124 Å². The van der Waals surface area contributed by atoms with E-state index in [-0.39, 0.29) is 27.5 Å². The summed E-state index contributed by atoms with van der Waals surface area (Å²) in [7, 11) is -0.851. The van der Waals surface area contributed by atoms with Gasteiger partial charge in [0.2, 0.25) is 0 Å². The van der Waals surface area contributed by atoms with Crippen molar-refractivity contribution in [2.24, 2.45) is 4.99 Å². The van der Waals surface area contributed by atoms with Crippen molar-refractivity contribution in [1.29, 1.82) is 0 Å². The van der Waals surface area contributed by atoms with Crippen LogP contribution in [-0.2, 0) is 31.0 Å². The molecule has 0 saturated carbocycles. The summed E-state index contributed by atoms with van der Waals surface area (Å²) < 4.78 is 30.4. The number of nitrogens with zero attached hydrogens (tertiary/aromatic N) is 2. The van der Waals surface area contributed by atoms with E-state index >= 15 is 0 Å². The molecule has 1 aromatic heterocycles. The number of allylic oxidation sites excluding steroid dienone is 5. The molecule has 2 atom stereocenters. The highest BCUT2D eigenvalue weighted by Gasteiger charge is 2.44. The van der Waals surface area contributed by atoms with E-state index in [0.717, 1.165) is 61.8 Å². The van der Waals surface area contributed by atoms with Crippen LogP contribution in [0.5, 0.6) is 0 Å². The Morgan fingerprint density at radius 3 is 1.50 bits per heavy atom. The van der Waals surface area contributed by atoms with Gasteiger partial charge in [0.15, 0.2) is 0 Å². The van der Waals surface area contributed by atoms with Crippen molar-refractivity contribution in [3.05, 3.63) is 178 Å². The third-order valence-corrected chi connectivity index (χ3v) is 12.6. The summed E-state index contributed by atoms with van der Waals surface area (Å²) in [6.45, 7) is 29.1. The molecule has 5 aromatic rings. The first-order chi connectivity index (χ1) is 29.1. The van der Waals surface area contributed by atoms with E-state index in [4.69, 9.17) is 14.3 Å². The average molecular weight is 825 g/mol. The van der Waals surface area contributed by atoms with Gasteiger partial charge in [0.05, 0.1) is 23.6 Å². The summed E-state index contributed by atoms with van der Waals surface area (Å²) >= 11 is 0. The van der Waals surface area contributed by atoms with Crippen LogP contribution in [0.25, 0.3) is 33.5 Å². The summed E-state index contributed by atoms with van der Waals surface area (Å²) in [5.41, 5.74) is 16.0. The molecular weight excluding hydrogens is 762 g/mol. The lowest BCUT2D eigenvalue weighted by molar-refractivity contribution is 0.229. The predicted octanol–water partition coefficient (Wildman–Crippen LogP) is 14.4. The number of aromatic nitrogens is 1. The molecule has 0 amide bonds. The van der Waals surface area contributed by atoms with E-state index in [0.29, 0.717) is 0 Å². The first-order valence-electron chi connectivity index (χ1n) is 22.1. The zero-order valence-corrected chi connectivity index (χ0v) is 38.9. The quantitative estimate of drug-likeness (QED) is 0.160. The number of hydrogen-bond donors (Lipinski definition) is 0. The fourth-order valence-electron chi connectivity index (χ4n) is 8.60. The van der Waals surface area contributed by atoms with Crippen LogP contribution >= 0.6 is 0 Å². The van der Waals surface area contributed by atoms with Gasteiger partial charge in [-0.1, -0.05) is 186 Å². The van der Waals surface area contributed by atoms with E-state index in [2.05, 4.69) is 204 Å². The second kappa shape index (κ2) is 15.8. The molecule has 1 fully saturated rings. The molecule has 1 saturated heterocycles. The summed E-state index contributed by atoms with van der Waals surface area (Å²) in [4.78, 5) is 5.55. The minimum atomic E-state index is -0.851. The average Bonchev–Trinajstić information content (AvgIpc) is 3.95. The first-order valence-corrected chi connectivity index (χ1v) is 22.1. The maximum Gasteiger partial charge on any atom is 0.599 e. The Morgan fingerprint density at radius 2 is 1.02 bits per heavy atom. The van der Waals surface area contributed by atoms with E-state index in [1.165, 1.54) is 34.4 Å². The van der Waals surface area contributed by atoms with Crippen LogP contribution in [-0.4, -0.2) is 29.7 Å². The lowest BCUT2D eigenvalue weighted by atomic mass is 9.85. The molecule has 318 valence electrons. The minimum Gasteiger partial charge on any atom is -0.382 e. The largest absolute Gasteiger partial charge is 0.599 e. The van der Waals surface area contributed by atoms with Crippen molar-refractivity contribution in [2.75, 3.05) is 0 Å². The SMILES string of the molecule is C/C(=C1/N=C(c2ccc(C(C)(C)C)cc2)C=C1c1ccc(C(C)(C)C)cc1)c1c(-c2ccc(C(C)(C)C)cc2)cc(-c2ccc(C(C)(C)C)cc2)n1B1OC2C=CC(F)=CC2O1. The summed E-state index contributed by atoms with van der Waals surface area (Å²) in [5, 5.41) is 0. The van der Waals surface area contributed by atoms with Crippen molar-refractivity contribution in [3.63, 3.8) is 0 Å². The van der Waals surface area contributed by atoms with Crippen molar-refractivity contribution < 1.29 is 13.7 Å². The third kappa shape index (κ3) is 8.57. The predicted molar refractivity (Wildman–Crippen MR) is 259 cm³/mol. The summed E-state index contributed by atoms with van der Waals surface area (Å²) in [6, 6.07) is 37.8. The molecule has 3 heterocycles. The van der Waals surface area contributed by atoms with Gasteiger partial charge in [-0.05, 0) is 97.4 Å². The Bertz CT molecular complexity index is 2650. The Morgan fingerprint density at radius 1 is 0.581 bits per heavy atom. The van der Waals surface area contributed by atoms with E-state index in [9.17, 15) is 4.39 Å². The van der Waals surface area contributed by atoms with Gasteiger partial charge >= 0.3 is 7.25 Å². The fourth-order valence-corrected chi connectivity index (χ4v) is 8.60. The second-order valence-corrected chi connectivity index (χ2v) is 21.4. The molecule has 4 nitrogen and oxygen atoms in total. The molecule has 2 unspecified atom stereocenters. The van der Waals surface area contributed by atoms with Gasteiger partial charge in [-0.2, -0.15) is 0 Å². The van der Waals surface area contributed by atoms with Gasteiger partial charge in [0.1, 0.15) is 5.83 Å². The highest BCUT2D eigenvalue weighted by molar-refractivity contribution is 6.45. The Hall–Kier alpha value is -5.30. The fraction of sp³-hybridized carbons (Fsp3) is 0.339. The monoisotopic (exact) mass is 824 g/mol. The molecule has 2 aliphatic heterocycles. The molecule has 0 spiro atoms. The lowest BCUT2D eigenvalue weighted by Crippen LogP contribution is -2.29. The molecule has 0 N–H and O–H groups in total. The van der Waals surface area contributed by atoms with Gasteiger partial charge in [-0.25, -0.2) is 9.38 Å². The number of aliphatic imine (C=N–C) groups is 1. The van der Waals surface area contributed by atoms with Crippen LogP contribution in [0.2, 0.25) is 0 Å². The van der Waals surface area contributed by atoms with Crippen molar-refractivity contribution in [3.8, 4) is 22.4 Å². The van der Waals surface area contributed by atoms with E-state index in [1.54, 1.807) is 6.08 Å². The lowest BCUT2D eigenvalue weighted by Gasteiger charge is -2.21. The van der Waals surface area contributed by atoms with Crippen LogP contribution in [0.1, 0.15) is 129 Å². The zero-order chi connectivity index (χ0) is 44.5. The van der Waals surface area contributed by atoms with Crippen LogP contribution < -0.4 is 0 Å². The van der Waals surface area contributed by atoms with Gasteiger partial charge in [-0.15, -0.1) is 0 Å². The molecule has 6 heteroatoms. The summed E-state index contributed by atoms with van der Waals surface area (Å²) in [5.74, 6) is -0.324. The second-order valence-electron chi connectivity index (χ2n) is 21.4. The molecule has 0 bridgehead atoms. The molecular formula is C56H62BFN2O2. The van der Waals surface area contributed by atoms with Gasteiger partial charge in [0.25, 0.3) is 0 Å². The first kappa shape index (κ1) is 43.4. The molecule has 3 aliphatic rings. The zero-order valence-electron chi connectivity index (χ0n) is 38.9. The van der Waals surface area contributed by atoms with Gasteiger partial charge < -0.3 is 13.8 Å². The number of fused-ring (bicyclic) bond motifs is 1. The highest BCUT2D eigenvalue weighted by Crippen LogP contribution is 2.45. The number of hydrogen-bond acceptors (Lipinski definition) is 3. The van der Waals surface area contributed by atoms with E-state index in [1.807, 2.05) is 0 Å². The minimum absolute atomic E-state index is 0.00837. The highest BCUT2D eigenvalue weighted by atomic mass is 19.1. The van der Waals surface area contributed by atoms with Crippen LogP contribution in [0, 0.1) is 0 Å². The molecule has 62 heavy (non-hydrogen) atoms. The normalized spacial score (nSPS) is 19.1. The molecule has 8 rings (SSSR count). The Labute approximate surface area is 370 Å². The van der Waals surface area contributed by atoms with Crippen molar-refractivity contribution >= 4 is 24.1 Å². The van der Waals surface area contributed by atoms with E-state index < -0.39 is 19.5 Å². The van der Waals surface area contributed by atoms with Gasteiger partial charge in [0, 0.05) is 28.1 Å². The third-order valence-electron chi connectivity index (χ3n) is 12.6. The van der Waals surface area contributed by atoms with Crippen LogP contribution in [0.4, 0.5) is 4.39 Å². The molecule has 4 aromatic carbocycles. The van der Waals surface area contributed by atoms with Crippen LogP contribution in [0.3, 0.4) is 0 Å². The number of benzene rings is 4. The van der Waals surface area contributed by atoms with Crippen LogP contribution in [0.15, 0.2) is 144 Å². The molecule has 1 aliphatic carbocycles. The number of rotatable bonds is 6. The van der Waals surface area contributed by atoms with Gasteiger partial charge in [-0.3, -0.25) is 0 Å². The number of halogens is 1. The standard InChI is InChI=1S/C56H62BFN2O2/c1-35(51-45(36-14-22-40(23-15-36)53(2,3)4)33-47(59-51)38-18-26-42(27-19-38)55(8,9)10)52-46(37-16-24-41(25-17-37)54(5,6)7)34-48(39-20-28-43(29-21-39)56(11,12)13)60(52)57-61-49-31-30-44(58)32-50(49)62-57/h14-34,49-50H,1-13H3/b51-35-. The van der Waals surface area contributed by atoms with Crippen molar-refractivity contribution in [1.82, 2.24) is 4.48 Å².